The molecule has 2 fully saturated rings. The molecule has 0 spiro atoms. The number of carboxylic acid groups (broad SMARTS) is 1. The number of likely N-dealkylation sites (tertiary alicyclic amines) is 1. The van der Waals surface area contributed by atoms with Crippen molar-refractivity contribution in [3.63, 3.8) is 0 Å². The van der Waals surface area contributed by atoms with Crippen molar-refractivity contribution in [2.75, 3.05) is 13.1 Å². The first-order chi connectivity index (χ1) is 9.98. The molecule has 0 bridgehead atoms. The lowest BCUT2D eigenvalue weighted by Gasteiger charge is -2.40. The van der Waals surface area contributed by atoms with Gasteiger partial charge in [-0.25, -0.2) is 4.79 Å². The van der Waals surface area contributed by atoms with Gasteiger partial charge in [0, 0.05) is 19.1 Å². The normalized spacial score (nSPS) is 33.0. The molecule has 2 aliphatic rings. The second-order valence-electron chi connectivity index (χ2n) is 6.82. The third kappa shape index (κ3) is 3.50. The number of carboxylic acids is 1. The number of nitrogens with zero attached hydrogens (tertiary/aromatic N) is 1. The standard InChI is InChI=1S/C16H28N2O3/c1-3-8-16(14(19)20)9-5-10-18(11-16)15(21)17-13-7-4-6-12(13)2/h12-13H,3-11H2,1-2H3,(H,17,21)(H,19,20). The van der Waals surface area contributed by atoms with Crippen LogP contribution in [-0.2, 0) is 4.79 Å². The van der Waals surface area contributed by atoms with Crippen molar-refractivity contribution in [1.82, 2.24) is 10.2 Å². The molecule has 0 aromatic carbocycles. The zero-order valence-corrected chi connectivity index (χ0v) is 13.2. The van der Waals surface area contributed by atoms with E-state index in [1.54, 1.807) is 4.90 Å². The van der Waals surface area contributed by atoms with E-state index in [-0.39, 0.29) is 12.1 Å². The Labute approximate surface area is 127 Å². The van der Waals surface area contributed by atoms with E-state index < -0.39 is 11.4 Å². The van der Waals surface area contributed by atoms with Gasteiger partial charge in [-0.1, -0.05) is 26.7 Å². The Balaban J connectivity index is 1.99. The fraction of sp³-hybridized carbons (Fsp3) is 0.875. The number of nitrogens with one attached hydrogen (secondary N) is 1. The van der Waals surface area contributed by atoms with Crippen LogP contribution in [0.4, 0.5) is 4.79 Å². The van der Waals surface area contributed by atoms with Crippen molar-refractivity contribution >= 4 is 12.0 Å². The second kappa shape index (κ2) is 6.67. The Hall–Kier alpha value is -1.26. The van der Waals surface area contributed by atoms with Crippen molar-refractivity contribution in [3.8, 4) is 0 Å². The highest BCUT2D eigenvalue weighted by Gasteiger charge is 2.43. The molecule has 2 N–H and O–H groups in total. The van der Waals surface area contributed by atoms with E-state index in [0.717, 1.165) is 19.3 Å². The molecule has 3 unspecified atom stereocenters. The molecule has 120 valence electrons. The van der Waals surface area contributed by atoms with Crippen LogP contribution < -0.4 is 5.32 Å². The summed E-state index contributed by atoms with van der Waals surface area (Å²) in [4.78, 5) is 25.8. The van der Waals surface area contributed by atoms with Crippen LogP contribution in [0.25, 0.3) is 0 Å². The van der Waals surface area contributed by atoms with Crippen LogP contribution in [0.15, 0.2) is 0 Å². The molecule has 1 aliphatic carbocycles. The highest BCUT2D eigenvalue weighted by molar-refractivity contribution is 5.79. The molecule has 0 aromatic rings. The van der Waals surface area contributed by atoms with E-state index in [9.17, 15) is 14.7 Å². The molecule has 1 heterocycles. The van der Waals surface area contributed by atoms with Crippen LogP contribution in [0.2, 0.25) is 0 Å². The number of hydrogen-bond acceptors (Lipinski definition) is 2. The molecule has 21 heavy (non-hydrogen) atoms. The van der Waals surface area contributed by atoms with E-state index in [1.807, 2.05) is 6.92 Å². The zero-order valence-electron chi connectivity index (χ0n) is 13.2. The molecule has 1 aliphatic heterocycles. The second-order valence-corrected chi connectivity index (χ2v) is 6.82. The summed E-state index contributed by atoms with van der Waals surface area (Å²) in [6.07, 6.45) is 6.31. The fourth-order valence-electron chi connectivity index (χ4n) is 3.88. The van der Waals surface area contributed by atoms with E-state index >= 15 is 0 Å². The highest BCUT2D eigenvalue weighted by atomic mass is 16.4. The average molecular weight is 296 g/mol. The predicted octanol–water partition coefficient (Wildman–Crippen LogP) is 2.85. The van der Waals surface area contributed by atoms with Gasteiger partial charge in [0.2, 0.25) is 0 Å². The van der Waals surface area contributed by atoms with Gasteiger partial charge in [-0.15, -0.1) is 0 Å². The van der Waals surface area contributed by atoms with E-state index in [0.29, 0.717) is 31.8 Å². The number of piperidine rings is 1. The lowest BCUT2D eigenvalue weighted by atomic mass is 9.76. The number of aliphatic carboxylic acids is 1. The van der Waals surface area contributed by atoms with Crippen molar-refractivity contribution in [3.05, 3.63) is 0 Å². The number of carbonyl (C=O) groups excluding carboxylic acids is 1. The largest absolute Gasteiger partial charge is 0.481 e. The topological polar surface area (TPSA) is 69.6 Å². The molecule has 0 radical (unpaired) electrons. The van der Waals surface area contributed by atoms with E-state index in [4.69, 9.17) is 0 Å². The minimum absolute atomic E-state index is 0.0739. The summed E-state index contributed by atoms with van der Waals surface area (Å²) in [5, 5.41) is 12.7. The predicted molar refractivity (Wildman–Crippen MR) is 81.1 cm³/mol. The third-order valence-electron chi connectivity index (χ3n) is 5.22. The van der Waals surface area contributed by atoms with Crippen molar-refractivity contribution in [1.29, 1.82) is 0 Å². The first-order valence-corrected chi connectivity index (χ1v) is 8.27. The number of hydrogen-bond donors (Lipinski definition) is 2. The molecule has 1 saturated carbocycles. The highest BCUT2D eigenvalue weighted by Crippen LogP contribution is 2.35. The summed E-state index contributed by atoms with van der Waals surface area (Å²) in [6.45, 7) is 5.20. The fourth-order valence-corrected chi connectivity index (χ4v) is 3.88. The van der Waals surface area contributed by atoms with Gasteiger partial charge in [0.25, 0.3) is 0 Å². The smallest absolute Gasteiger partial charge is 0.317 e. The zero-order chi connectivity index (χ0) is 15.5. The van der Waals surface area contributed by atoms with E-state index in [1.165, 1.54) is 12.8 Å². The minimum atomic E-state index is -0.754. The van der Waals surface area contributed by atoms with Crippen LogP contribution >= 0.6 is 0 Å². The number of rotatable bonds is 4. The first kappa shape index (κ1) is 16.1. The van der Waals surface area contributed by atoms with Gasteiger partial charge >= 0.3 is 12.0 Å². The monoisotopic (exact) mass is 296 g/mol. The quantitative estimate of drug-likeness (QED) is 0.838. The number of amides is 2. The van der Waals surface area contributed by atoms with Crippen LogP contribution in [0.1, 0.15) is 58.8 Å². The van der Waals surface area contributed by atoms with Crippen LogP contribution in [0.5, 0.6) is 0 Å². The van der Waals surface area contributed by atoms with Gasteiger partial charge in [0.1, 0.15) is 0 Å². The van der Waals surface area contributed by atoms with Gasteiger partial charge in [-0.2, -0.15) is 0 Å². The maximum Gasteiger partial charge on any atom is 0.317 e. The van der Waals surface area contributed by atoms with Gasteiger partial charge < -0.3 is 15.3 Å². The Morgan fingerprint density at radius 1 is 1.33 bits per heavy atom. The number of urea groups is 1. The maximum atomic E-state index is 12.4. The molecule has 1 saturated heterocycles. The molecule has 2 rings (SSSR count). The molecule has 0 aromatic heterocycles. The number of carbonyl (C=O) groups is 2. The van der Waals surface area contributed by atoms with Gasteiger partial charge in [0.05, 0.1) is 5.41 Å². The summed E-state index contributed by atoms with van der Waals surface area (Å²) in [5.74, 6) is -0.227. The summed E-state index contributed by atoms with van der Waals surface area (Å²) in [7, 11) is 0. The molecule has 2 amide bonds. The van der Waals surface area contributed by atoms with Gasteiger partial charge in [0.15, 0.2) is 0 Å². The molecular weight excluding hydrogens is 268 g/mol. The molecule has 3 atom stereocenters. The van der Waals surface area contributed by atoms with Gasteiger partial charge in [-0.3, -0.25) is 4.79 Å². The lowest BCUT2D eigenvalue weighted by Crippen LogP contribution is -2.54. The molecular formula is C16H28N2O3. The Bertz CT molecular complexity index is 395. The maximum absolute atomic E-state index is 12.4. The van der Waals surface area contributed by atoms with Crippen LogP contribution in [0.3, 0.4) is 0 Å². The van der Waals surface area contributed by atoms with Crippen molar-refractivity contribution in [2.45, 2.75) is 64.8 Å². The molecule has 5 nitrogen and oxygen atoms in total. The van der Waals surface area contributed by atoms with Crippen LogP contribution in [0, 0.1) is 11.3 Å². The minimum Gasteiger partial charge on any atom is -0.481 e. The molecule has 5 heteroatoms. The summed E-state index contributed by atoms with van der Waals surface area (Å²) < 4.78 is 0. The average Bonchev–Trinajstić information content (AvgIpc) is 2.84. The Morgan fingerprint density at radius 2 is 2.10 bits per heavy atom. The van der Waals surface area contributed by atoms with Gasteiger partial charge in [-0.05, 0) is 38.0 Å². The summed E-state index contributed by atoms with van der Waals surface area (Å²) in [6, 6.07) is 0.181. The Kier molecular flexibility index (Phi) is 5.12. The van der Waals surface area contributed by atoms with E-state index in [2.05, 4.69) is 12.2 Å². The van der Waals surface area contributed by atoms with Crippen molar-refractivity contribution in [2.24, 2.45) is 11.3 Å². The van der Waals surface area contributed by atoms with Crippen molar-refractivity contribution < 1.29 is 14.7 Å². The first-order valence-electron chi connectivity index (χ1n) is 8.27. The Morgan fingerprint density at radius 3 is 2.67 bits per heavy atom. The summed E-state index contributed by atoms with van der Waals surface area (Å²) >= 11 is 0. The summed E-state index contributed by atoms with van der Waals surface area (Å²) in [5.41, 5.74) is -0.744. The lowest BCUT2D eigenvalue weighted by molar-refractivity contribution is -0.152. The third-order valence-corrected chi connectivity index (χ3v) is 5.22. The van der Waals surface area contributed by atoms with Crippen LogP contribution in [-0.4, -0.2) is 41.1 Å². The SMILES string of the molecule is CCCC1(C(=O)O)CCCN(C(=O)NC2CCCC2C)C1.